The van der Waals surface area contributed by atoms with Crippen LogP contribution in [0.25, 0.3) is 11.4 Å². The zero-order chi connectivity index (χ0) is 27.2. The van der Waals surface area contributed by atoms with Crippen LogP contribution in [0.3, 0.4) is 0 Å². The first-order valence-electron chi connectivity index (χ1n) is 12.8. The molecule has 2 amide bonds. The molecule has 0 saturated carbocycles. The molecule has 1 fully saturated rings. The summed E-state index contributed by atoms with van der Waals surface area (Å²) in [5.74, 6) is -1.31. The molecule has 3 aromatic rings. The molecule has 1 aromatic heterocycles. The van der Waals surface area contributed by atoms with Crippen LogP contribution in [-0.4, -0.2) is 69.8 Å². The fraction of sp³-hybridized carbons (Fsp3) is 0.345. The van der Waals surface area contributed by atoms with Gasteiger partial charge in [-0.1, -0.05) is 43.7 Å². The second-order valence-corrected chi connectivity index (χ2v) is 9.16. The van der Waals surface area contributed by atoms with E-state index in [-0.39, 0.29) is 49.4 Å². The number of hydrogen-bond acceptors (Lipinski definition) is 6. The Morgan fingerprint density at radius 2 is 1.68 bits per heavy atom. The molecule has 1 unspecified atom stereocenters. The molecule has 4 rings (SSSR count). The van der Waals surface area contributed by atoms with Gasteiger partial charge in [-0.25, -0.2) is 19.2 Å². The van der Waals surface area contributed by atoms with Crippen LogP contribution in [0.1, 0.15) is 64.1 Å². The van der Waals surface area contributed by atoms with Gasteiger partial charge in [0.1, 0.15) is 17.1 Å². The fourth-order valence-electron chi connectivity index (χ4n) is 4.57. The first-order valence-corrected chi connectivity index (χ1v) is 12.8. The number of rotatable bonds is 7. The maximum absolute atomic E-state index is 13.9. The highest BCUT2D eigenvalue weighted by atomic mass is 19.1. The molecular formula is C29H31FN4O4. The van der Waals surface area contributed by atoms with Crippen molar-refractivity contribution in [3.63, 3.8) is 0 Å². The van der Waals surface area contributed by atoms with Gasteiger partial charge in [-0.2, -0.15) is 0 Å². The normalized spacial score (nSPS) is 15.3. The van der Waals surface area contributed by atoms with Crippen molar-refractivity contribution in [1.82, 2.24) is 19.8 Å². The zero-order valence-corrected chi connectivity index (χ0v) is 21.8. The molecule has 38 heavy (non-hydrogen) atoms. The van der Waals surface area contributed by atoms with E-state index in [0.29, 0.717) is 29.9 Å². The molecule has 1 saturated heterocycles. The third kappa shape index (κ3) is 5.72. The van der Waals surface area contributed by atoms with Gasteiger partial charge in [-0.3, -0.25) is 9.59 Å². The van der Waals surface area contributed by atoms with Crippen molar-refractivity contribution in [2.75, 3.05) is 26.2 Å². The fourth-order valence-corrected chi connectivity index (χ4v) is 4.57. The minimum Gasteiger partial charge on any atom is -0.462 e. The first-order chi connectivity index (χ1) is 18.3. The van der Waals surface area contributed by atoms with Crippen molar-refractivity contribution >= 4 is 17.8 Å². The number of aromatic nitrogens is 2. The van der Waals surface area contributed by atoms with Crippen LogP contribution < -0.4 is 0 Å². The molecule has 0 spiro atoms. The molecule has 2 heterocycles. The van der Waals surface area contributed by atoms with E-state index in [4.69, 9.17) is 4.74 Å². The summed E-state index contributed by atoms with van der Waals surface area (Å²) in [4.78, 5) is 52.4. The Bertz CT molecular complexity index is 1310. The summed E-state index contributed by atoms with van der Waals surface area (Å²) in [5.41, 5.74) is 1.69. The van der Waals surface area contributed by atoms with Gasteiger partial charge >= 0.3 is 5.97 Å². The average molecular weight is 519 g/mol. The van der Waals surface area contributed by atoms with Gasteiger partial charge in [0.2, 0.25) is 0 Å². The van der Waals surface area contributed by atoms with Crippen LogP contribution in [0.4, 0.5) is 4.39 Å². The summed E-state index contributed by atoms with van der Waals surface area (Å²) in [6.07, 6.45) is 1.19. The molecule has 0 radical (unpaired) electrons. The van der Waals surface area contributed by atoms with Crippen LogP contribution in [0.5, 0.6) is 0 Å². The Morgan fingerprint density at radius 1 is 0.974 bits per heavy atom. The van der Waals surface area contributed by atoms with E-state index in [1.165, 1.54) is 24.3 Å². The lowest BCUT2D eigenvalue weighted by Gasteiger charge is -2.40. The number of hydrogen-bond donors (Lipinski definition) is 0. The molecule has 1 aliphatic rings. The summed E-state index contributed by atoms with van der Waals surface area (Å²) in [7, 11) is 0. The SMILES string of the molecule is CCCc1nc(-c2ccccc2)nc(C(=O)N2CCN(C(=O)c3ccc(F)cc3)C(C)C2)c1C(=O)OCC. The average Bonchev–Trinajstić information content (AvgIpc) is 2.93. The van der Waals surface area contributed by atoms with Crippen LogP contribution in [0.2, 0.25) is 0 Å². The molecule has 9 heteroatoms. The second kappa shape index (κ2) is 11.9. The number of benzene rings is 2. The molecule has 1 atom stereocenters. The molecule has 8 nitrogen and oxygen atoms in total. The minimum absolute atomic E-state index is 0.00580. The largest absolute Gasteiger partial charge is 0.462 e. The Kier molecular flexibility index (Phi) is 8.45. The number of carbonyl (C=O) groups excluding carboxylic acids is 3. The second-order valence-electron chi connectivity index (χ2n) is 9.16. The van der Waals surface area contributed by atoms with E-state index < -0.39 is 17.7 Å². The number of carbonyl (C=O) groups is 3. The van der Waals surface area contributed by atoms with Gasteiger partial charge in [0, 0.05) is 36.8 Å². The number of aryl methyl sites for hydroxylation is 1. The number of halogens is 1. The van der Waals surface area contributed by atoms with E-state index in [0.717, 1.165) is 5.56 Å². The smallest absolute Gasteiger partial charge is 0.342 e. The lowest BCUT2D eigenvalue weighted by atomic mass is 10.0. The molecule has 1 aliphatic heterocycles. The summed E-state index contributed by atoms with van der Waals surface area (Å²) in [6.45, 7) is 6.48. The van der Waals surface area contributed by atoms with Crippen molar-refractivity contribution in [2.45, 2.75) is 39.7 Å². The number of esters is 1. The number of ether oxygens (including phenoxy) is 1. The van der Waals surface area contributed by atoms with Crippen molar-refractivity contribution in [3.8, 4) is 11.4 Å². The molecular weight excluding hydrogens is 487 g/mol. The van der Waals surface area contributed by atoms with Crippen molar-refractivity contribution in [2.24, 2.45) is 0 Å². The predicted molar refractivity (Wildman–Crippen MR) is 140 cm³/mol. The van der Waals surface area contributed by atoms with E-state index in [1.807, 2.05) is 44.2 Å². The van der Waals surface area contributed by atoms with Crippen LogP contribution in [-0.2, 0) is 11.2 Å². The summed E-state index contributed by atoms with van der Waals surface area (Å²) in [5, 5.41) is 0. The molecule has 0 N–H and O–H groups in total. The number of nitrogens with zero attached hydrogens (tertiary/aromatic N) is 4. The van der Waals surface area contributed by atoms with E-state index in [2.05, 4.69) is 9.97 Å². The molecule has 0 aliphatic carbocycles. The Morgan fingerprint density at radius 3 is 2.32 bits per heavy atom. The van der Waals surface area contributed by atoms with Crippen LogP contribution >= 0.6 is 0 Å². The topological polar surface area (TPSA) is 92.7 Å². The Balaban J connectivity index is 1.66. The summed E-state index contributed by atoms with van der Waals surface area (Å²) >= 11 is 0. The Labute approximate surface area is 221 Å². The van der Waals surface area contributed by atoms with Crippen molar-refractivity contribution in [3.05, 3.63) is 82.9 Å². The van der Waals surface area contributed by atoms with Gasteiger partial charge < -0.3 is 14.5 Å². The lowest BCUT2D eigenvalue weighted by Crippen LogP contribution is -2.55. The van der Waals surface area contributed by atoms with Crippen LogP contribution in [0, 0.1) is 5.82 Å². The van der Waals surface area contributed by atoms with E-state index >= 15 is 0 Å². The van der Waals surface area contributed by atoms with Crippen LogP contribution in [0.15, 0.2) is 54.6 Å². The van der Waals surface area contributed by atoms with Crippen molar-refractivity contribution < 1.29 is 23.5 Å². The monoisotopic (exact) mass is 518 g/mol. The molecule has 2 aromatic carbocycles. The van der Waals surface area contributed by atoms with Gasteiger partial charge in [0.15, 0.2) is 5.82 Å². The summed E-state index contributed by atoms with van der Waals surface area (Å²) in [6, 6.07) is 14.4. The maximum atomic E-state index is 13.9. The third-order valence-corrected chi connectivity index (χ3v) is 6.45. The Hall–Kier alpha value is -4.14. The lowest BCUT2D eigenvalue weighted by molar-refractivity contribution is 0.0406. The predicted octanol–water partition coefficient (Wildman–Crippen LogP) is 4.40. The highest BCUT2D eigenvalue weighted by Crippen LogP contribution is 2.24. The molecule has 198 valence electrons. The van der Waals surface area contributed by atoms with Gasteiger partial charge in [0.25, 0.3) is 11.8 Å². The van der Waals surface area contributed by atoms with Crippen molar-refractivity contribution in [1.29, 1.82) is 0 Å². The van der Waals surface area contributed by atoms with E-state index in [1.54, 1.807) is 16.7 Å². The molecule has 0 bridgehead atoms. The van der Waals surface area contributed by atoms with Gasteiger partial charge in [0.05, 0.1) is 12.3 Å². The number of amides is 2. The zero-order valence-electron chi connectivity index (χ0n) is 21.8. The van der Waals surface area contributed by atoms with Gasteiger partial charge in [-0.15, -0.1) is 0 Å². The highest BCUT2D eigenvalue weighted by Gasteiger charge is 2.34. The quantitative estimate of drug-likeness (QED) is 0.431. The summed E-state index contributed by atoms with van der Waals surface area (Å²) < 4.78 is 18.6. The first kappa shape index (κ1) is 26.9. The van der Waals surface area contributed by atoms with Gasteiger partial charge in [-0.05, 0) is 44.5 Å². The maximum Gasteiger partial charge on any atom is 0.342 e. The third-order valence-electron chi connectivity index (χ3n) is 6.45. The van der Waals surface area contributed by atoms with E-state index in [9.17, 15) is 18.8 Å². The number of piperazine rings is 1. The minimum atomic E-state index is -0.628. The highest BCUT2D eigenvalue weighted by molar-refractivity contribution is 6.05. The standard InChI is InChI=1S/C29H31FN4O4/c1-4-9-23-24(29(37)38-5-2)25(32-26(31-23)20-10-7-6-8-11-20)28(36)33-16-17-34(19(3)18-33)27(35)21-12-14-22(30)15-13-21/h6-8,10-15,19H,4-5,9,16-18H2,1-3H3.